The number of nitrogens with zero attached hydrogens (tertiary/aromatic N) is 1. The molecular formula is C19H33N3O2. The van der Waals surface area contributed by atoms with Crippen molar-refractivity contribution in [1.29, 1.82) is 0 Å². The zero-order chi connectivity index (χ0) is 18.2. The standard InChI is InChI=1S/C19H33N3O2/c1-14(9-11-19(2,3)4)22-18(20-5)21-12-10-15-7-8-16(24-6)13-17(15)23/h7-8,13-14,23H,9-12H2,1-6H3,(H2,20,21,22). The molecule has 1 unspecified atom stereocenters. The van der Waals surface area contributed by atoms with Gasteiger partial charge in [-0.15, -0.1) is 0 Å². The summed E-state index contributed by atoms with van der Waals surface area (Å²) in [6.45, 7) is 9.65. The number of phenolic OH excluding ortho intramolecular Hbond substituents is 1. The Morgan fingerprint density at radius 2 is 2.04 bits per heavy atom. The molecule has 0 aliphatic heterocycles. The van der Waals surface area contributed by atoms with Crippen molar-refractivity contribution in [1.82, 2.24) is 10.6 Å². The third-order valence-corrected chi connectivity index (χ3v) is 3.91. The van der Waals surface area contributed by atoms with Gasteiger partial charge in [-0.1, -0.05) is 26.8 Å². The van der Waals surface area contributed by atoms with E-state index in [2.05, 4.69) is 43.3 Å². The first-order chi connectivity index (χ1) is 11.2. The summed E-state index contributed by atoms with van der Waals surface area (Å²) >= 11 is 0. The third-order valence-electron chi connectivity index (χ3n) is 3.91. The lowest BCUT2D eigenvalue weighted by Crippen LogP contribution is -2.43. The number of rotatable bonds is 7. The highest BCUT2D eigenvalue weighted by Gasteiger charge is 2.13. The van der Waals surface area contributed by atoms with Gasteiger partial charge in [-0.05, 0) is 43.2 Å². The maximum atomic E-state index is 9.98. The van der Waals surface area contributed by atoms with Gasteiger partial charge >= 0.3 is 0 Å². The molecule has 0 bridgehead atoms. The van der Waals surface area contributed by atoms with Crippen LogP contribution in [-0.2, 0) is 6.42 Å². The van der Waals surface area contributed by atoms with Crippen LogP contribution < -0.4 is 15.4 Å². The van der Waals surface area contributed by atoms with Gasteiger partial charge in [0.1, 0.15) is 11.5 Å². The fourth-order valence-corrected chi connectivity index (χ4v) is 2.35. The Balaban J connectivity index is 2.41. The van der Waals surface area contributed by atoms with E-state index in [1.54, 1.807) is 20.2 Å². The van der Waals surface area contributed by atoms with Gasteiger partial charge in [0.2, 0.25) is 0 Å². The monoisotopic (exact) mass is 335 g/mol. The molecule has 0 heterocycles. The Morgan fingerprint density at radius 3 is 2.58 bits per heavy atom. The van der Waals surface area contributed by atoms with Crippen LogP contribution in [0.5, 0.6) is 11.5 Å². The van der Waals surface area contributed by atoms with Crippen LogP contribution in [0.15, 0.2) is 23.2 Å². The third kappa shape index (κ3) is 7.57. The summed E-state index contributed by atoms with van der Waals surface area (Å²) < 4.78 is 5.10. The molecule has 0 radical (unpaired) electrons. The first kappa shape index (κ1) is 20.1. The van der Waals surface area contributed by atoms with Gasteiger partial charge in [-0.2, -0.15) is 0 Å². The van der Waals surface area contributed by atoms with E-state index in [-0.39, 0.29) is 5.75 Å². The van der Waals surface area contributed by atoms with Crippen LogP contribution in [0.25, 0.3) is 0 Å². The quantitative estimate of drug-likeness (QED) is 0.528. The first-order valence-electron chi connectivity index (χ1n) is 8.58. The minimum atomic E-state index is 0.262. The summed E-state index contributed by atoms with van der Waals surface area (Å²) in [6, 6.07) is 5.75. The molecule has 3 N–H and O–H groups in total. The van der Waals surface area contributed by atoms with Gasteiger partial charge in [-0.25, -0.2) is 0 Å². The van der Waals surface area contributed by atoms with Crippen molar-refractivity contribution < 1.29 is 9.84 Å². The number of aromatic hydroxyl groups is 1. The average molecular weight is 335 g/mol. The maximum Gasteiger partial charge on any atom is 0.191 e. The Morgan fingerprint density at radius 1 is 1.33 bits per heavy atom. The van der Waals surface area contributed by atoms with Crippen molar-refractivity contribution in [2.24, 2.45) is 10.4 Å². The fraction of sp³-hybridized carbons (Fsp3) is 0.632. The van der Waals surface area contributed by atoms with Crippen molar-refractivity contribution in [3.63, 3.8) is 0 Å². The number of methoxy groups -OCH3 is 1. The summed E-state index contributed by atoms with van der Waals surface area (Å²) in [7, 11) is 3.36. The topological polar surface area (TPSA) is 65.9 Å². The van der Waals surface area contributed by atoms with Crippen molar-refractivity contribution in [3.8, 4) is 11.5 Å². The zero-order valence-electron chi connectivity index (χ0n) is 15.9. The number of guanidine groups is 1. The number of aliphatic imine (C=N–C) groups is 1. The van der Waals surface area contributed by atoms with Crippen LogP contribution in [0.3, 0.4) is 0 Å². The van der Waals surface area contributed by atoms with Crippen LogP contribution in [0.2, 0.25) is 0 Å². The molecule has 5 heteroatoms. The number of hydrogen-bond acceptors (Lipinski definition) is 3. The lowest BCUT2D eigenvalue weighted by Gasteiger charge is -2.23. The molecule has 0 saturated carbocycles. The second-order valence-corrected chi connectivity index (χ2v) is 7.39. The van der Waals surface area contributed by atoms with Crippen molar-refractivity contribution in [2.45, 2.75) is 53.0 Å². The van der Waals surface area contributed by atoms with Crippen LogP contribution in [0.1, 0.15) is 46.1 Å². The maximum absolute atomic E-state index is 9.98. The van der Waals surface area contributed by atoms with Crippen LogP contribution in [0, 0.1) is 5.41 Å². The molecule has 0 aromatic heterocycles. The minimum absolute atomic E-state index is 0.262. The highest BCUT2D eigenvalue weighted by molar-refractivity contribution is 5.79. The van der Waals surface area contributed by atoms with Crippen LogP contribution in [-0.4, -0.2) is 37.8 Å². The second-order valence-electron chi connectivity index (χ2n) is 7.39. The van der Waals surface area contributed by atoms with E-state index >= 15 is 0 Å². The Kier molecular flexibility index (Phi) is 7.89. The smallest absolute Gasteiger partial charge is 0.191 e. The first-order valence-corrected chi connectivity index (χ1v) is 8.58. The largest absolute Gasteiger partial charge is 0.508 e. The van der Waals surface area contributed by atoms with Gasteiger partial charge < -0.3 is 20.5 Å². The average Bonchev–Trinajstić information content (AvgIpc) is 2.52. The summed E-state index contributed by atoms with van der Waals surface area (Å²) in [6.07, 6.45) is 2.98. The molecule has 1 aromatic carbocycles. The predicted octanol–water partition coefficient (Wildman–Crippen LogP) is 3.32. The molecule has 0 spiro atoms. The summed E-state index contributed by atoms with van der Waals surface area (Å²) in [4.78, 5) is 4.27. The number of phenols is 1. The molecule has 0 aliphatic carbocycles. The molecule has 1 atom stereocenters. The molecule has 0 aliphatic rings. The minimum Gasteiger partial charge on any atom is -0.508 e. The highest BCUT2D eigenvalue weighted by Crippen LogP contribution is 2.23. The van der Waals surface area contributed by atoms with Crippen molar-refractivity contribution in [2.75, 3.05) is 20.7 Å². The number of nitrogens with one attached hydrogen (secondary N) is 2. The van der Waals surface area contributed by atoms with Crippen molar-refractivity contribution >= 4 is 5.96 Å². The second kappa shape index (κ2) is 9.40. The Hall–Kier alpha value is -1.91. The summed E-state index contributed by atoms with van der Waals surface area (Å²) in [5.74, 6) is 1.72. The molecule has 0 fully saturated rings. The van der Waals surface area contributed by atoms with E-state index in [4.69, 9.17) is 4.74 Å². The van der Waals surface area contributed by atoms with Gasteiger partial charge in [0.25, 0.3) is 0 Å². The zero-order valence-corrected chi connectivity index (χ0v) is 15.9. The molecule has 24 heavy (non-hydrogen) atoms. The van der Waals surface area contributed by atoms with Gasteiger partial charge in [0.05, 0.1) is 7.11 Å². The highest BCUT2D eigenvalue weighted by atomic mass is 16.5. The molecular weight excluding hydrogens is 302 g/mol. The normalized spacial score (nSPS) is 13.5. The SMILES string of the molecule is CN=C(NCCc1ccc(OC)cc1O)NC(C)CCC(C)(C)C. The number of hydrogen-bond donors (Lipinski definition) is 3. The Labute approximate surface area is 146 Å². The van der Waals surface area contributed by atoms with E-state index in [1.165, 1.54) is 0 Å². The molecule has 1 aromatic rings. The van der Waals surface area contributed by atoms with E-state index in [0.29, 0.717) is 30.2 Å². The number of ether oxygens (including phenoxy) is 1. The van der Waals surface area contributed by atoms with E-state index < -0.39 is 0 Å². The van der Waals surface area contributed by atoms with Gasteiger partial charge in [-0.3, -0.25) is 4.99 Å². The van der Waals surface area contributed by atoms with Crippen LogP contribution >= 0.6 is 0 Å². The Bertz CT molecular complexity index is 536. The van der Waals surface area contributed by atoms with Crippen molar-refractivity contribution in [3.05, 3.63) is 23.8 Å². The van der Waals surface area contributed by atoms with Gasteiger partial charge in [0, 0.05) is 25.7 Å². The summed E-state index contributed by atoms with van der Waals surface area (Å²) in [5, 5.41) is 16.7. The lowest BCUT2D eigenvalue weighted by atomic mass is 9.89. The lowest BCUT2D eigenvalue weighted by molar-refractivity contribution is 0.346. The molecule has 136 valence electrons. The molecule has 5 nitrogen and oxygen atoms in total. The van der Waals surface area contributed by atoms with E-state index in [9.17, 15) is 5.11 Å². The molecule has 0 amide bonds. The summed E-state index contributed by atoms with van der Waals surface area (Å²) in [5.41, 5.74) is 1.23. The predicted molar refractivity (Wildman–Crippen MR) is 101 cm³/mol. The van der Waals surface area contributed by atoms with Gasteiger partial charge in [0.15, 0.2) is 5.96 Å². The molecule has 1 rings (SSSR count). The van der Waals surface area contributed by atoms with E-state index in [0.717, 1.165) is 24.4 Å². The van der Waals surface area contributed by atoms with Crippen LogP contribution in [0.4, 0.5) is 0 Å². The molecule has 0 saturated heterocycles. The fourth-order valence-electron chi connectivity index (χ4n) is 2.35. The number of benzene rings is 1. The van der Waals surface area contributed by atoms with E-state index in [1.807, 2.05) is 12.1 Å².